The minimum atomic E-state index is 0.502. The Kier molecular flexibility index (Phi) is 3.86. The normalized spacial score (nSPS) is 11.5. The molecule has 4 heteroatoms. The second-order valence-electron chi connectivity index (χ2n) is 5.48. The van der Waals surface area contributed by atoms with Crippen molar-refractivity contribution in [2.75, 3.05) is 7.11 Å². The fraction of sp³-hybridized carbons (Fsp3) is 0.158. The van der Waals surface area contributed by atoms with E-state index in [-0.39, 0.29) is 0 Å². The number of nitriles is 1. The Labute approximate surface area is 135 Å². The highest BCUT2D eigenvalue weighted by atomic mass is 16.5. The quantitative estimate of drug-likeness (QED) is 0.736. The fourth-order valence-electron chi connectivity index (χ4n) is 2.42. The van der Waals surface area contributed by atoms with E-state index in [0.29, 0.717) is 11.4 Å². The summed E-state index contributed by atoms with van der Waals surface area (Å²) in [5.74, 6) is 1.37. The van der Waals surface area contributed by atoms with Crippen molar-refractivity contribution in [3.63, 3.8) is 0 Å². The first-order valence-corrected chi connectivity index (χ1v) is 7.34. The van der Waals surface area contributed by atoms with E-state index < -0.39 is 0 Å². The van der Waals surface area contributed by atoms with Crippen molar-refractivity contribution in [2.45, 2.75) is 13.8 Å². The first-order valence-electron chi connectivity index (χ1n) is 7.34. The molecule has 1 N–H and O–H groups in total. The molecule has 0 unspecified atom stereocenters. The second kappa shape index (κ2) is 5.98. The number of rotatable bonds is 3. The molecule has 0 radical (unpaired) electrons. The van der Waals surface area contributed by atoms with Crippen molar-refractivity contribution in [3.8, 4) is 11.8 Å². The van der Waals surface area contributed by atoms with Crippen LogP contribution < -0.4 is 4.74 Å². The Bertz CT molecular complexity index is 889. The van der Waals surface area contributed by atoms with Gasteiger partial charge in [0.1, 0.15) is 17.6 Å². The zero-order valence-corrected chi connectivity index (χ0v) is 13.3. The number of aryl methyl sites for hydroxylation is 2. The van der Waals surface area contributed by atoms with Gasteiger partial charge in [-0.15, -0.1) is 0 Å². The van der Waals surface area contributed by atoms with E-state index in [4.69, 9.17) is 4.74 Å². The van der Waals surface area contributed by atoms with Gasteiger partial charge in [0.15, 0.2) is 0 Å². The highest BCUT2D eigenvalue weighted by Gasteiger charge is 2.09. The number of H-pyrrole nitrogens is 1. The Morgan fingerprint density at radius 1 is 1.17 bits per heavy atom. The summed E-state index contributed by atoms with van der Waals surface area (Å²) in [4.78, 5) is 7.78. The number of fused-ring (bicyclic) bond motifs is 1. The van der Waals surface area contributed by atoms with Crippen molar-refractivity contribution in [1.29, 1.82) is 5.26 Å². The van der Waals surface area contributed by atoms with Gasteiger partial charge in [-0.05, 0) is 60.9 Å². The first kappa shape index (κ1) is 14.9. The van der Waals surface area contributed by atoms with Crippen LogP contribution >= 0.6 is 0 Å². The topological polar surface area (TPSA) is 61.7 Å². The van der Waals surface area contributed by atoms with Crippen molar-refractivity contribution >= 4 is 22.7 Å². The van der Waals surface area contributed by atoms with Gasteiger partial charge in [0, 0.05) is 0 Å². The summed E-state index contributed by atoms with van der Waals surface area (Å²) in [5, 5.41) is 9.47. The van der Waals surface area contributed by atoms with E-state index in [1.165, 1.54) is 11.1 Å². The Morgan fingerprint density at radius 3 is 2.52 bits per heavy atom. The molecule has 0 aliphatic rings. The summed E-state index contributed by atoms with van der Waals surface area (Å²) in [6.45, 7) is 4.12. The van der Waals surface area contributed by atoms with Gasteiger partial charge >= 0.3 is 0 Å². The maximum atomic E-state index is 9.47. The summed E-state index contributed by atoms with van der Waals surface area (Å²) in [7, 11) is 1.63. The van der Waals surface area contributed by atoms with Crippen LogP contribution in [-0.2, 0) is 0 Å². The Morgan fingerprint density at radius 2 is 1.87 bits per heavy atom. The van der Waals surface area contributed by atoms with Crippen LogP contribution in [0.25, 0.3) is 22.7 Å². The summed E-state index contributed by atoms with van der Waals surface area (Å²) in [6, 6.07) is 13.9. The monoisotopic (exact) mass is 303 g/mol. The third kappa shape index (κ3) is 2.95. The molecule has 3 rings (SSSR count). The van der Waals surface area contributed by atoms with E-state index in [1.54, 1.807) is 7.11 Å². The smallest absolute Gasteiger partial charge is 0.149 e. The summed E-state index contributed by atoms with van der Waals surface area (Å²) < 4.78 is 5.14. The predicted octanol–water partition coefficient (Wildman–Crippen LogP) is 4.25. The van der Waals surface area contributed by atoms with Gasteiger partial charge in [-0.25, -0.2) is 4.98 Å². The molecule has 1 heterocycles. The van der Waals surface area contributed by atoms with Crippen LogP contribution in [0.15, 0.2) is 36.4 Å². The molecule has 2 aromatic carbocycles. The molecular formula is C19H17N3O. The molecule has 1 aromatic heterocycles. The third-order valence-corrected chi connectivity index (χ3v) is 3.90. The van der Waals surface area contributed by atoms with Crippen molar-refractivity contribution in [2.24, 2.45) is 0 Å². The number of nitrogens with one attached hydrogen (secondary N) is 1. The standard InChI is InChI=1S/C19H17N3O/c1-12-8-17-18(9-13(12)2)22-19(21-17)15(11-20)10-14-4-6-16(23-3)7-5-14/h4-10H,1-3H3,(H,21,22)/b15-10-. The number of allylic oxidation sites excluding steroid dienone is 1. The van der Waals surface area contributed by atoms with Crippen LogP contribution in [0.4, 0.5) is 0 Å². The number of methoxy groups -OCH3 is 1. The zero-order valence-electron chi connectivity index (χ0n) is 13.3. The average molecular weight is 303 g/mol. The molecule has 0 fully saturated rings. The second-order valence-corrected chi connectivity index (χ2v) is 5.48. The van der Waals surface area contributed by atoms with Gasteiger partial charge < -0.3 is 9.72 Å². The SMILES string of the molecule is COc1ccc(/C=C(/C#N)c2nc3cc(C)c(C)cc3[nH]2)cc1. The summed E-state index contributed by atoms with van der Waals surface area (Å²) in [6.07, 6.45) is 1.82. The highest BCUT2D eigenvalue weighted by Crippen LogP contribution is 2.22. The highest BCUT2D eigenvalue weighted by molar-refractivity contribution is 5.90. The molecule has 0 aliphatic carbocycles. The molecule has 0 aliphatic heterocycles. The molecule has 0 amide bonds. The Hall–Kier alpha value is -3.06. The van der Waals surface area contributed by atoms with Gasteiger partial charge in [0.2, 0.25) is 0 Å². The van der Waals surface area contributed by atoms with Gasteiger partial charge in [-0.1, -0.05) is 12.1 Å². The number of hydrogen-bond donors (Lipinski definition) is 1. The van der Waals surface area contributed by atoms with Crippen LogP contribution in [0.2, 0.25) is 0 Å². The number of aromatic nitrogens is 2. The maximum Gasteiger partial charge on any atom is 0.149 e. The van der Waals surface area contributed by atoms with E-state index in [1.807, 2.05) is 36.4 Å². The van der Waals surface area contributed by atoms with Gasteiger partial charge in [0.05, 0.1) is 23.7 Å². The fourth-order valence-corrected chi connectivity index (χ4v) is 2.42. The lowest BCUT2D eigenvalue weighted by Crippen LogP contribution is -1.86. The number of hydrogen-bond acceptors (Lipinski definition) is 3. The maximum absolute atomic E-state index is 9.47. The van der Waals surface area contributed by atoms with E-state index >= 15 is 0 Å². The molecule has 0 atom stereocenters. The van der Waals surface area contributed by atoms with Crippen LogP contribution in [-0.4, -0.2) is 17.1 Å². The predicted molar refractivity (Wildman–Crippen MR) is 92.0 cm³/mol. The molecule has 3 aromatic rings. The van der Waals surface area contributed by atoms with Crippen LogP contribution in [0.3, 0.4) is 0 Å². The molecule has 0 spiro atoms. The van der Waals surface area contributed by atoms with E-state index in [2.05, 4.69) is 36.0 Å². The number of aromatic amines is 1. The van der Waals surface area contributed by atoms with E-state index in [0.717, 1.165) is 22.3 Å². The summed E-state index contributed by atoms with van der Waals surface area (Å²) >= 11 is 0. The summed E-state index contributed by atoms with van der Waals surface area (Å²) in [5.41, 5.74) is 5.63. The van der Waals surface area contributed by atoms with Gasteiger partial charge in [-0.3, -0.25) is 0 Å². The lowest BCUT2D eigenvalue weighted by molar-refractivity contribution is 0.415. The van der Waals surface area contributed by atoms with Crippen LogP contribution in [0.1, 0.15) is 22.5 Å². The lowest BCUT2D eigenvalue weighted by Gasteiger charge is -2.00. The lowest BCUT2D eigenvalue weighted by atomic mass is 10.1. The molecular weight excluding hydrogens is 286 g/mol. The molecule has 114 valence electrons. The number of imidazole rings is 1. The average Bonchev–Trinajstić information content (AvgIpc) is 2.96. The zero-order chi connectivity index (χ0) is 16.4. The molecule has 0 saturated carbocycles. The van der Waals surface area contributed by atoms with Crippen LogP contribution in [0.5, 0.6) is 5.75 Å². The number of benzene rings is 2. The molecule has 0 bridgehead atoms. The Balaban J connectivity index is 2.03. The van der Waals surface area contributed by atoms with E-state index in [9.17, 15) is 5.26 Å². The van der Waals surface area contributed by atoms with Gasteiger partial charge in [-0.2, -0.15) is 5.26 Å². The first-order chi connectivity index (χ1) is 11.1. The minimum absolute atomic E-state index is 0.502. The van der Waals surface area contributed by atoms with Gasteiger partial charge in [0.25, 0.3) is 0 Å². The molecule has 4 nitrogen and oxygen atoms in total. The molecule has 23 heavy (non-hydrogen) atoms. The van der Waals surface area contributed by atoms with Crippen molar-refractivity contribution < 1.29 is 4.74 Å². The molecule has 0 saturated heterocycles. The largest absolute Gasteiger partial charge is 0.497 e. The number of ether oxygens (including phenoxy) is 1. The third-order valence-electron chi connectivity index (χ3n) is 3.90. The number of nitrogens with zero attached hydrogens (tertiary/aromatic N) is 2. The van der Waals surface area contributed by atoms with Crippen LogP contribution in [0, 0.1) is 25.2 Å². The minimum Gasteiger partial charge on any atom is -0.497 e. The van der Waals surface area contributed by atoms with Crippen molar-refractivity contribution in [1.82, 2.24) is 9.97 Å². The van der Waals surface area contributed by atoms with Crippen molar-refractivity contribution in [3.05, 3.63) is 58.9 Å².